The van der Waals surface area contributed by atoms with Crippen molar-refractivity contribution in [2.75, 3.05) is 45.9 Å². The maximum atomic E-state index is 10.9. The molecule has 0 unspecified atom stereocenters. The average molecular weight is 648 g/mol. The van der Waals surface area contributed by atoms with Crippen molar-refractivity contribution in [2.24, 2.45) is 16.8 Å². The van der Waals surface area contributed by atoms with Crippen LogP contribution in [0.1, 0.15) is 76.2 Å². The van der Waals surface area contributed by atoms with Crippen LogP contribution in [0.5, 0.6) is 0 Å². The maximum absolute atomic E-state index is 10.9. The number of carbonyl (C=O) groups is 3. The van der Waals surface area contributed by atoms with Crippen LogP contribution in [0.3, 0.4) is 0 Å². The van der Waals surface area contributed by atoms with E-state index in [4.69, 9.17) is 34.6 Å². The van der Waals surface area contributed by atoms with Gasteiger partial charge in [0.2, 0.25) is 10.0 Å². The largest absolute Gasteiger partial charge is 0.464 e. The highest BCUT2D eigenvalue weighted by Gasteiger charge is 2.09. The number of amidine groups is 1. The molecule has 16 heteroatoms. The van der Waals surface area contributed by atoms with Crippen molar-refractivity contribution in [1.82, 2.24) is 4.72 Å². The summed E-state index contributed by atoms with van der Waals surface area (Å²) in [6.07, 6.45) is 1.23. The average Bonchev–Trinajstić information content (AvgIpc) is 2.87. The van der Waals surface area contributed by atoms with Crippen molar-refractivity contribution in [3.8, 4) is 0 Å². The molecule has 0 rings (SSSR count). The van der Waals surface area contributed by atoms with Gasteiger partial charge >= 0.3 is 11.9 Å². The number of carbonyl (C=O) groups excluding carboxylic acids is 3. The van der Waals surface area contributed by atoms with Crippen molar-refractivity contribution in [2.45, 2.75) is 101 Å². The normalized spacial score (nSPS) is 11.2. The van der Waals surface area contributed by atoms with Gasteiger partial charge in [-0.3, -0.25) is 14.3 Å². The van der Waals surface area contributed by atoms with Crippen molar-refractivity contribution in [1.29, 1.82) is 0 Å². The van der Waals surface area contributed by atoms with Gasteiger partial charge in [-0.25, -0.2) is 13.2 Å². The van der Waals surface area contributed by atoms with Crippen LogP contribution in [-0.2, 0) is 52.8 Å². The van der Waals surface area contributed by atoms with Gasteiger partial charge in [0, 0.05) is 0 Å². The molecule has 0 fully saturated rings. The lowest BCUT2D eigenvalue weighted by molar-refractivity contribution is -0.150. The van der Waals surface area contributed by atoms with Gasteiger partial charge in [0.15, 0.2) is 5.84 Å². The second-order valence-electron chi connectivity index (χ2n) is 10.0. The molecule has 43 heavy (non-hydrogen) atoms. The minimum atomic E-state index is -3.45. The first-order valence-corrected chi connectivity index (χ1v) is 15.8. The van der Waals surface area contributed by atoms with Gasteiger partial charge in [-0.2, -0.15) is 0 Å². The van der Waals surface area contributed by atoms with Gasteiger partial charge in [-0.1, -0.05) is 19.0 Å². The summed E-state index contributed by atoms with van der Waals surface area (Å²) in [7, 11) is -3.45. The first-order chi connectivity index (χ1) is 19.7. The minimum Gasteiger partial charge on any atom is -0.464 e. The number of amides is 1. The van der Waals surface area contributed by atoms with Crippen molar-refractivity contribution in [3.05, 3.63) is 0 Å². The van der Waals surface area contributed by atoms with E-state index >= 15 is 0 Å². The SMILES string of the molecule is CC(C)OC/C(N)=N/O.CC(C)OCC(=O)NS(C)(=O)=O.CC(C)OCCOC(=O)C(C)C.CCOC(=O)COC(C)C. The first kappa shape index (κ1) is 47.4. The highest BCUT2D eigenvalue weighted by atomic mass is 32.2. The summed E-state index contributed by atoms with van der Waals surface area (Å²) in [4.78, 5) is 32.3. The lowest BCUT2D eigenvalue weighted by Crippen LogP contribution is -2.33. The molecule has 258 valence electrons. The summed E-state index contributed by atoms with van der Waals surface area (Å²) < 4.78 is 52.3. The van der Waals surface area contributed by atoms with Crippen LogP contribution in [0.15, 0.2) is 5.16 Å². The van der Waals surface area contributed by atoms with E-state index in [0.717, 1.165) is 6.26 Å². The zero-order valence-electron chi connectivity index (χ0n) is 28.0. The second kappa shape index (κ2) is 29.5. The molecule has 0 spiro atoms. The summed E-state index contributed by atoms with van der Waals surface area (Å²) in [5.74, 6) is -1.06. The number of sulfonamides is 1. The van der Waals surface area contributed by atoms with E-state index in [-0.39, 0.29) is 67.9 Å². The van der Waals surface area contributed by atoms with E-state index in [1.54, 1.807) is 25.5 Å². The predicted octanol–water partition coefficient (Wildman–Crippen LogP) is 2.23. The fourth-order valence-electron chi connectivity index (χ4n) is 1.79. The van der Waals surface area contributed by atoms with Gasteiger partial charge in [0.25, 0.3) is 5.91 Å². The highest BCUT2D eigenvalue weighted by Crippen LogP contribution is 1.96. The van der Waals surface area contributed by atoms with Crippen LogP contribution in [0.2, 0.25) is 0 Å². The fraction of sp³-hybridized carbons (Fsp3) is 0.852. The number of oxime groups is 1. The number of ether oxygens (including phenoxy) is 6. The highest BCUT2D eigenvalue weighted by molar-refractivity contribution is 7.89. The molecule has 0 aliphatic rings. The molecule has 1 amide bonds. The van der Waals surface area contributed by atoms with E-state index < -0.39 is 15.9 Å². The zero-order valence-corrected chi connectivity index (χ0v) is 28.8. The van der Waals surface area contributed by atoms with Crippen LogP contribution in [-0.4, -0.2) is 108 Å². The van der Waals surface area contributed by atoms with Crippen LogP contribution in [0.4, 0.5) is 0 Å². The fourth-order valence-corrected chi connectivity index (χ4v) is 2.26. The predicted molar refractivity (Wildman–Crippen MR) is 163 cm³/mol. The molecule has 0 aromatic carbocycles. The Morgan fingerprint density at radius 3 is 1.56 bits per heavy atom. The van der Waals surface area contributed by atoms with E-state index in [9.17, 15) is 22.8 Å². The molecule has 0 aromatic heterocycles. The molecule has 15 nitrogen and oxygen atoms in total. The lowest BCUT2D eigenvalue weighted by atomic mass is 10.2. The Balaban J connectivity index is -0.000000237. The van der Waals surface area contributed by atoms with Crippen molar-refractivity contribution < 1.29 is 56.4 Å². The van der Waals surface area contributed by atoms with Crippen LogP contribution in [0, 0.1) is 5.92 Å². The van der Waals surface area contributed by atoms with Gasteiger partial charge in [0.1, 0.15) is 26.4 Å². The van der Waals surface area contributed by atoms with Crippen molar-refractivity contribution >= 4 is 33.7 Å². The monoisotopic (exact) mass is 647 g/mol. The lowest BCUT2D eigenvalue weighted by Gasteiger charge is -2.09. The van der Waals surface area contributed by atoms with Gasteiger partial charge in [-0.05, 0) is 62.3 Å². The van der Waals surface area contributed by atoms with Crippen molar-refractivity contribution in [3.63, 3.8) is 0 Å². The Hall–Kier alpha value is -2.53. The number of esters is 2. The Morgan fingerprint density at radius 2 is 1.19 bits per heavy atom. The molecule has 0 atom stereocenters. The summed E-state index contributed by atoms with van der Waals surface area (Å²) in [5, 5.41) is 10.8. The molecular formula is C27H57N3O12S. The summed E-state index contributed by atoms with van der Waals surface area (Å²) in [6, 6.07) is 0. The number of rotatable bonds is 16. The molecule has 4 N–H and O–H groups in total. The van der Waals surface area contributed by atoms with Crippen LogP contribution < -0.4 is 10.5 Å². The number of nitrogens with one attached hydrogen (secondary N) is 1. The van der Waals surface area contributed by atoms with Crippen LogP contribution >= 0.6 is 0 Å². The third kappa shape index (κ3) is 49.5. The van der Waals surface area contributed by atoms with E-state index in [2.05, 4.69) is 9.89 Å². The molecule has 0 aliphatic heterocycles. The first-order valence-electron chi connectivity index (χ1n) is 13.9. The smallest absolute Gasteiger partial charge is 0.332 e. The molecule has 0 aromatic rings. The molecule has 0 saturated carbocycles. The number of nitrogens with zero attached hydrogens (tertiary/aromatic N) is 1. The Labute approximate surface area is 258 Å². The van der Waals surface area contributed by atoms with E-state index in [0.29, 0.717) is 19.8 Å². The van der Waals surface area contributed by atoms with Gasteiger partial charge in [0.05, 0.1) is 49.8 Å². The molecule has 0 bridgehead atoms. The molecule has 0 aliphatic carbocycles. The summed E-state index contributed by atoms with van der Waals surface area (Å²) in [6.45, 7) is 21.6. The zero-order chi connectivity index (χ0) is 34.6. The van der Waals surface area contributed by atoms with Crippen LogP contribution in [0.25, 0.3) is 0 Å². The van der Waals surface area contributed by atoms with Gasteiger partial charge in [-0.15, -0.1) is 0 Å². The minimum absolute atomic E-state index is 0.0518. The Morgan fingerprint density at radius 1 is 0.744 bits per heavy atom. The Kier molecular flexibility index (Phi) is 32.6. The summed E-state index contributed by atoms with van der Waals surface area (Å²) >= 11 is 0. The second-order valence-corrected chi connectivity index (χ2v) is 11.8. The molecule has 0 heterocycles. The molecule has 0 radical (unpaired) electrons. The quantitative estimate of drug-likeness (QED) is 0.0548. The third-order valence-corrected chi connectivity index (χ3v) is 4.23. The topological polar surface area (TPSA) is 211 Å². The summed E-state index contributed by atoms with van der Waals surface area (Å²) in [5.41, 5.74) is 5.10. The van der Waals surface area contributed by atoms with E-state index in [1.807, 2.05) is 55.4 Å². The Bertz CT molecular complexity index is 846. The number of nitrogens with two attached hydrogens (primary N) is 1. The van der Waals surface area contributed by atoms with E-state index in [1.165, 1.54) is 0 Å². The number of hydrogen-bond donors (Lipinski definition) is 3. The number of hydrogen-bond acceptors (Lipinski definition) is 13. The third-order valence-electron chi connectivity index (χ3n) is 3.63. The standard InChI is InChI=1S/C9H18O3.C7H14O3.C6H13NO4S.C5H12N2O2/c1-7(2)9(10)12-6-5-11-8(3)4;1-4-9-7(8)5-10-6(2)3;1-5(2)11-4-6(8)7-12(3,9)10;1-4(2)9-3-5(6)7-8/h7-8H,5-6H2,1-4H3;6H,4-5H2,1-3H3;5H,4H2,1-3H3,(H,7,8);4,8H,3H2,1-2H3,(H2,6,7). The molecule has 0 saturated heterocycles. The molecular weight excluding hydrogens is 590 g/mol. The van der Waals surface area contributed by atoms with Gasteiger partial charge < -0.3 is 39.4 Å². The maximum Gasteiger partial charge on any atom is 0.332 e.